The lowest BCUT2D eigenvalue weighted by Gasteiger charge is -2.16. The molecular weight excluding hydrogens is 144 g/mol. The fraction of sp³-hybridized carbons (Fsp3) is 0.857. The van der Waals surface area contributed by atoms with Crippen molar-refractivity contribution in [3.8, 4) is 0 Å². The van der Waals surface area contributed by atoms with Crippen LogP contribution in [0.25, 0.3) is 0 Å². The third-order valence-electron chi connectivity index (χ3n) is 1.63. The summed E-state index contributed by atoms with van der Waals surface area (Å²) in [5.74, 6) is 1.15. The Morgan fingerprint density at radius 3 is 3.20 bits per heavy atom. The Kier molecular flexibility index (Phi) is 3.06. The maximum absolute atomic E-state index is 5.57. The summed E-state index contributed by atoms with van der Waals surface area (Å²) >= 11 is 1.68. The fourth-order valence-corrected chi connectivity index (χ4v) is 1.95. The minimum Gasteiger partial charge on any atom is -0.379 e. The summed E-state index contributed by atoms with van der Waals surface area (Å²) in [4.78, 5) is 4.33. The van der Waals surface area contributed by atoms with Crippen LogP contribution in [0.1, 0.15) is 26.2 Å². The molecule has 1 heterocycles. The standard InChI is InChI=1S/C7H14N2S/c1-2-3-6-4-5-10-7(8)9-6/h6H,2-5H2,1H3,(H2,8,9). The summed E-state index contributed by atoms with van der Waals surface area (Å²) in [6.07, 6.45) is 3.62. The number of nitrogens with zero attached hydrogens (tertiary/aromatic N) is 1. The van der Waals surface area contributed by atoms with Crippen LogP contribution in [0, 0.1) is 0 Å². The minimum atomic E-state index is 0.520. The Morgan fingerprint density at radius 1 is 1.80 bits per heavy atom. The van der Waals surface area contributed by atoms with Gasteiger partial charge in [-0.15, -0.1) is 0 Å². The van der Waals surface area contributed by atoms with Crippen LogP contribution in [0.15, 0.2) is 4.99 Å². The molecule has 0 amide bonds. The van der Waals surface area contributed by atoms with Gasteiger partial charge in [0.15, 0.2) is 5.17 Å². The molecule has 1 rings (SSSR count). The van der Waals surface area contributed by atoms with Gasteiger partial charge in [0, 0.05) is 5.75 Å². The van der Waals surface area contributed by atoms with E-state index in [2.05, 4.69) is 11.9 Å². The van der Waals surface area contributed by atoms with E-state index < -0.39 is 0 Å². The van der Waals surface area contributed by atoms with Crippen molar-refractivity contribution >= 4 is 16.9 Å². The van der Waals surface area contributed by atoms with Crippen molar-refractivity contribution in [3.05, 3.63) is 0 Å². The van der Waals surface area contributed by atoms with Crippen molar-refractivity contribution in [1.29, 1.82) is 0 Å². The van der Waals surface area contributed by atoms with Gasteiger partial charge in [-0.1, -0.05) is 25.1 Å². The summed E-state index contributed by atoms with van der Waals surface area (Å²) < 4.78 is 0. The van der Waals surface area contributed by atoms with Crippen LogP contribution in [0.3, 0.4) is 0 Å². The average molecular weight is 158 g/mol. The van der Waals surface area contributed by atoms with Gasteiger partial charge in [0.05, 0.1) is 6.04 Å². The predicted molar refractivity (Wildman–Crippen MR) is 47.4 cm³/mol. The third kappa shape index (κ3) is 2.21. The first-order valence-corrected chi connectivity index (χ1v) is 4.77. The van der Waals surface area contributed by atoms with Crippen molar-refractivity contribution in [2.45, 2.75) is 32.2 Å². The molecule has 2 N–H and O–H groups in total. The molecule has 0 aromatic carbocycles. The second-order valence-corrected chi connectivity index (χ2v) is 3.66. The molecule has 1 aliphatic heterocycles. The number of rotatable bonds is 2. The number of hydrogen-bond acceptors (Lipinski definition) is 3. The Hall–Kier alpha value is -0.180. The molecule has 58 valence electrons. The molecule has 0 aromatic heterocycles. The van der Waals surface area contributed by atoms with Gasteiger partial charge in [-0.3, -0.25) is 4.99 Å². The van der Waals surface area contributed by atoms with Gasteiger partial charge in [-0.05, 0) is 12.8 Å². The smallest absolute Gasteiger partial charge is 0.154 e. The highest BCUT2D eigenvalue weighted by molar-refractivity contribution is 8.13. The van der Waals surface area contributed by atoms with E-state index in [1.54, 1.807) is 11.8 Å². The minimum absolute atomic E-state index is 0.520. The van der Waals surface area contributed by atoms with E-state index in [9.17, 15) is 0 Å². The van der Waals surface area contributed by atoms with E-state index in [1.165, 1.54) is 19.3 Å². The summed E-state index contributed by atoms with van der Waals surface area (Å²) in [6, 6.07) is 0.520. The average Bonchev–Trinajstić information content (AvgIpc) is 1.88. The molecule has 0 aromatic rings. The van der Waals surface area contributed by atoms with E-state index in [0.29, 0.717) is 6.04 Å². The Bertz CT molecular complexity index is 134. The van der Waals surface area contributed by atoms with Gasteiger partial charge in [0.2, 0.25) is 0 Å². The van der Waals surface area contributed by atoms with Crippen molar-refractivity contribution in [1.82, 2.24) is 0 Å². The molecule has 1 atom stereocenters. The molecule has 2 nitrogen and oxygen atoms in total. The summed E-state index contributed by atoms with van der Waals surface area (Å²) in [5.41, 5.74) is 5.57. The van der Waals surface area contributed by atoms with Crippen molar-refractivity contribution in [3.63, 3.8) is 0 Å². The number of amidine groups is 1. The van der Waals surface area contributed by atoms with E-state index in [1.807, 2.05) is 0 Å². The molecule has 0 fully saturated rings. The van der Waals surface area contributed by atoms with Crippen LogP contribution in [-0.4, -0.2) is 17.0 Å². The van der Waals surface area contributed by atoms with Crippen molar-refractivity contribution in [2.24, 2.45) is 10.7 Å². The lowest BCUT2D eigenvalue weighted by atomic mass is 10.1. The quantitative estimate of drug-likeness (QED) is 0.663. The highest BCUT2D eigenvalue weighted by Crippen LogP contribution is 2.17. The fourth-order valence-electron chi connectivity index (χ4n) is 1.12. The summed E-state index contributed by atoms with van der Waals surface area (Å²) in [5, 5.41) is 0.782. The van der Waals surface area contributed by atoms with Crippen molar-refractivity contribution in [2.75, 3.05) is 5.75 Å². The van der Waals surface area contributed by atoms with Gasteiger partial charge in [0.1, 0.15) is 0 Å². The first-order valence-electron chi connectivity index (χ1n) is 3.79. The maximum atomic E-state index is 5.57. The molecule has 0 aliphatic carbocycles. The number of thioether (sulfide) groups is 1. The zero-order valence-corrected chi connectivity index (χ0v) is 7.16. The molecule has 1 unspecified atom stereocenters. The van der Waals surface area contributed by atoms with Crippen LogP contribution in [-0.2, 0) is 0 Å². The molecule has 1 aliphatic rings. The topological polar surface area (TPSA) is 38.4 Å². The summed E-state index contributed by atoms with van der Waals surface area (Å²) in [7, 11) is 0. The molecule has 0 saturated carbocycles. The Morgan fingerprint density at radius 2 is 2.60 bits per heavy atom. The van der Waals surface area contributed by atoms with Gasteiger partial charge < -0.3 is 5.73 Å². The SMILES string of the molecule is CCCC1CCSC(N)=N1. The Balaban J connectivity index is 2.38. The van der Waals surface area contributed by atoms with Crippen LogP contribution < -0.4 is 5.73 Å². The van der Waals surface area contributed by atoms with Crippen molar-refractivity contribution < 1.29 is 0 Å². The highest BCUT2D eigenvalue weighted by atomic mass is 32.2. The van der Waals surface area contributed by atoms with Crippen LogP contribution >= 0.6 is 11.8 Å². The Labute approximate surface area is 66.3 Å². The first-order chi connectivity index (χ1) is 4.83. The zero-order chi connectivity index (χ0) is 7.40. The molecule has 0 saturated heterocycles. The van der Waals surface area contributed by atoms with Gasteiger partial charge >= 0.3 is 0 Å². The maximum Gasteiger partial charge on any atom is 0.154 e. The molecular formula is C7H14N2S. The molecule has 0 radical (unpaired) electrons. The molecule has 3 heteroatoms. The zero-order valence-electron chi connectivity index (χ0n) is 6.34. The number of aliphatic imine (C=N–C) groups is 1. The predicted octanol–water partition coefficient (Wildman–Crippen LogP) is 1.61. The third-order valence-corrected chi connectivity index (χ3v) is 2.47. The second kappa shape index (κ2) is 3.86. The van der Waals surface area contributed by atoms with Crippen LogP contribution in [0.2, 0.25) is 0 Å². The lowest BCUT2D eigenvalue weighted by molar-refractivity contribution is 0.591. The molecule has 0 bridgehead atoms. The number of nitrogens with two attached hydrogens (primary N) is 1. The van der Waals surface area contributed by atoms with Crippen LogP contribution in [0.4, 0.5) is 0 Å². The summed E-state index contributed by atoms with van der Waals surface area (Å²) in [6.45, 7) is 2.19. The van der Waals surface area contributed by atoms with Gasteiger partial charge in [-0.25, -0.2) is 0 Å². The first kappa shape index (κ1) is 7.92. The van der Waals surface area contributed by atoms with E-state index >= 15 is 0 Å². The normalized spacial score (nSPS) is 26.1. The number of hydrogen-bond donors (Lipinski definition) is 1. The molecule has 10 heavy (non-hydrogen) atoms. The monoisotopic (exact) mass is 158 g/mol. The largest absolute Gasteiger partial charge is 0.379 e. The van der Waals surface area contributed by atoms with Gasteiger partial charge in [0.25, 0.3) is 0 Å². The lowest BCUT2D eigenvalue weighted by Crippen LogP contribution is -2.19. The van der Waals surface area contributed by atoms with Crippen LogP contribution in [0.5, 0.6) is 0 Å². The van der Waals surface area contributed by atoms with E-state index in [-0.39, 0.29) is 0 Å². The molecule has 0 spiro atoms. The van der Waals surface area contributed by atoms with E-state index in [4.69, 9.17) is 5.73 Å². The second-order valence-electron chi connectivity index (χ2n) is 2.55. The van der Waals surface area contributed by atoms with E-state index in [0.717, 1.165) is 10.9 Å². The highest BCUT2D eigenvalue weighted by Gasteiger charge is 2.11. The van der Waals surface area contributed by atoms with Gasteiger partial charge in [-0.2, -0.15) is 0 Å².